The molecule has 0 atom stereocenters. The Morgan fingerprint density at radius 2 is 2.13 bits per heavy atom. The molecule has 1 aliphatic carbocycles. The van der Waals surface area contributed by atoms with Gasteiger partial charge < -0.3 is 9.88 Å². The lowest BCUT2D eigenvalue weighted by Gasteiger charge is -2.21. The third-order valence-electron chi connectivity index (χ3n) is 4.76. The van der Waals surface area contributed by atoms with Gasteiger partial charge in [0.1, 0.15) is 12.2 Å². The predicted molar refractivity (Wildman–Crippen MR) is 89.2 cm³/mol. The van der Waals surface area contributed by atoms with Gasteiger partial charge >= 0.3 is 0 Å². The van der Waals surface area contributed by atoms with Crippen LogP contribution in [0.3, 0.4) is 0 Å². The number of pyridine rings is 1. The first-order valence-corrected chi connectivity index (χ1v) is 8.43. The van der Waals surface area contributed by atoms with E-state index in [0.29, 0.717) is 11.0 Å². The first kappa shape index (κ1) is 15.8. The van der Waals surface area contributed by atoms with Gasteiger partial charge in [-0.15, -0.1) is 0 Å². The Bertz CT molecular complexity index is 741. The van der Waals surface area contributed by atoms with E-state index >= 15 is 0 Å². The summed E-state index contributed by atoms with van der Waals surface area (Å²) in [6, 6.07) is 1.49. The van der Waals surface area contributed by atoms with Crippen LogP contribution in [0.1, 0.15) is 38.5 Å². The molecule has 1 aliphatic rings. The van der Waals surface area contributed by atoms with E-state index in [0.717, 1.165) is 18.9 Å². The summed E-state index contributed by atoms with van der Waals surface area (Å²) in [4.78, 5) is 24.0. The number of fused-ring (bicyclic) bond motifs is 1. The molecule has 0 aromatic carbocycles. The monoisotopic (exact) mass is 316 g/mol. The number of amides is 1. The van der Waals surface area contributed by atoms with Crippen molar-refractivity contribution in [3.05, 3.63) is 28.7 Å². The van der Waals surface area contributed by atoms with Crippen LogP contribution in [0.5, 0.6) is 0 Å². The van der Waals surface area contributed by atoms with Gasteiger partial charge in [0.2, 0.25) is 5.91 Å². The summed E-state index contributed by atoms with van der Waals surface area (Å²) in [6.07, 6.45) is 10.9. The number of aromatic nitrogens is 3. The topological polar surface area (TPSA) is 68.9 Å². The van der Waals surface area contributed by atoms with Crippen molar-refractivity contribution in [1.82, 2.24) is 19.7 Å². The van der Waals surface area contributed by atoms with Crippen molar-refractivity contribution in [3.8, 4) is 0 Å². The van der Waals surface area contributed by atoms with Crippen molar-refractivity contribution in [2.45, 2.75) is 45.1 Å². The van der Waals surface area contributed by atoms with E-state index in [4.69, 9.17) is 0 Å². The van der Waals surface area contributed by atoms with Crippen LogP contribution in [0.4, 0.5) is 0 Å². The molecule has 0 radical (unpaired) electrons. The Labute approximate surface area is 135 Å². The van der Waals surface area contributed by atoms with Gasteiger partial charge in [-0.25, -0.2) is 0 Å². The molecular formula is C17H24N4O2. The summed E-state index contributed by atoms with van der Waals surface area (Å²) in [5, 5.41) is 7.66. The Balaban J connectivity index is 1.58. The fourth-order valence-electron chi connectivity index (χ4n) is 3.49. The minimum Gasteiger partial charge on any atom is -0.355 e. The van der Waals surface area contributed by atoms with Gasteiger partial charge in [0.25, 0.3) is 0 Å². The summed E-state index contributed by atoms with van der Waals surface area (Å²) in [5.74, 6) is 0.743. The third-order valence-corrected chi connectivity index (χ3v) is 4.76. The summed E-state index contributed by atoms with van der Waals surface area (Å²) in [7, 11) is 1.78. The van der Waals surface area contributed by atoms with Crippen LogP contribution < -0.4 is 10.7 Å². The maximum absolute atomic E-state index is 12.2. The second-order valence-electron chi connectivity index (χ2n) is 6.46. The van der Waals surface area contributed by atoms with Gasteiger partial charge in [-0.05, 0) is 12.3 Å². The second-order valence-corrected chi connectivity index (χ2v) is 6.46. The molecule has 0 bridgehead atoms. The van der Waals surface area contributed by atoms with Crippen LogP contribution in [0.25, 0.3) is 11.0 Å². The number of rotatable bonds is 5. The molecule has 1 N–H and O–H groups in total. The van der Waals surface area contributed by atoms with E-state index in [9.17, 15) is 9.59 Å². The van der Waals surface area contributed by atoms with Gasteiger partial charge in [-0.3, -0.25) is 14.3 Å². The number of aryl methyl sites for hydroxylation is 1. The lowest BCUT2D eigenvalue weighted by Crippen LogP contribution is -2.30. The quantitative estimate of drug-likeness (QED) is 0.915. The minimum atomic E-state index is -0.0675. The van der Waals surface area contributed by atoms with Crippen molar-refractivity contribution in [2.75, 3.05) is 6.54 Å². The fourth-order valence-corrected chi connectivity index (χ4v) is 3.49. The fraction of sp³-hybridized carbons (Fsp3) is 0.588. The number of hydrogen-bond acceptors (Lipinski definition) is 3. The lowest BCUT2D eigenvalue weighted by molar-refractivity contribution is -0.121. The molecule has 2 heterocycles. The first-order valence-electron chi connectivity index (χ1n) is 8.43. The molecule has 1 amide bonds. The van der Waals surface area contributed by atoms with Gasteiger partial charge in [0.05, 0.1) is 11.6 Å². The van der Waals surface area contributed by atoms with Crippen LogP contribution in [0.15, 0.2) is 23.3 Å². The Morgan fingerprint density at radius 1 is 1.35 bits per heavy atom. The molecule has 23 heavy (non-hydrogen) atoms. The largest absolute Gasteiger partial charge is 0.355 e. The maximum Gasteiger partial charge on any atom is 0.239 e. The molecule has 0 aliphatic heterocycles. The second kappa shape index (κ2) is 6.98. The number of nitrogens with zero attached hydrogens (tertiary/aromatic N) is 3. The predicted octanol–water partition coefficient (Wildman–Crippen LogP) is 1.82. The van der Waals surface area contributed by atoms with Crippen molar-refractivity contribution >= 4 is 16.9 Å². The summed E-state index contributed by atoms with van der Waals surface area (Å²) in [5.41, 5.74) is 0.613. The SMILES string of the molecule is Cn1ncc2c(=O)ccn(CC(=O)NCCC3CCCCC3)c21. The van der Waals surface area contributed by atoms with Crippen LogP contribution in [0, 0.1) is 5.92 Å². The van der Waals surface area contributed by atoms with Crippen molar-refractivity contribution in [2.24, 2.45) is 13.0 Å². The number of hydrogen-bond donors (Lipinski definition) is 1. The molecule has 3 rings (SSSR count). The zero-order valence-electron chi connectivity index (χ0n) is 13.6. The molecular weight excluding hydrogens is 292 g/mol. The molecule has 0 spiro atoms. The lowest BCUT2D eigenvalue weighted by atomic mass is 9.87. The molecule has 1 saturated carbocycles. The number of carbonyl (C=O) groups is 1. The average molecular weight is 316 g/mol. The summed E-state index contributed by atoms with van der Waals surface area (Å²) < 4.78 is 3.41. The van der Waals surface area contributed by atoms with Crippen molar-refractivity contribution in [1.29, 1.82) is 0 Å². The highest BCUT2D eigenvalue weighted by molar-refractivity contribution is 5.79. The molecule has 6 heteroatoms. The van der Waals surface area contributed by atoms with Gasteiger partial charge in [-0.2, -0.15) is 5.10 Å². The van der Waals surface area contributed by atoms with E-state index in [1.165, 1.54) is 38.2 Å². The molecule has 0 unspecified atom stereocenters. The Morgan fingerprint density at radius 3 is 2.91 bits per heavy atom. The minimum absolute atomic E-state index is 0.0213. The highest BCUT2D eigenvalue weighted by Gasteiger charge is 2.14. The van der Waals surface area contributed by atoms with E-state index < -0.39 is 0 Å². The Kier molecular flexibility index (Phi) is 4.79. The average Bonchev–Trinajstić information content (AvgIpc) is 2.94. The maximum atomic E-state index is 12.2. The van der Waals surface area contributed by atoms with E-state index in [1.54, 1.807) is 28.7 Å². The molecule has 6 nitrogen and oxygen atoms in total. The zero-order chi connectivity index (χ0) is 16.2. The third kappa shape index (κ3) is 3.63. The normalized spacial score (nSPS) is 15.9. The standard InChI is InChI=1S/C17H24N4O2/c1-20-17-14(11-19-20)15(22)8-10-21(17)12-16(23)18-9-7-13-5-3-2-4-6-13/h8,10-11,13H,2-7,9,12H2,1H3,(H,18,23). The van der Waals surface area contributed by atoms with Crippen LogP contribution in [-0.2, 0) is 18.4 Å². The van der Waals surface area contributed by atoms with Crippen LogP contribution in [-0.4, -0.2) is 26.8 Å². The highest BCUT2D eigenvalue weighted by atomic mass is 16.2. The molecule has 1 fully saturated rings. The molecule has 2 aromatic heterocycles. The van der Waals surface area contributed by atoms with E-state index in [2.05, 4.69) is 10.4 Å². The first-order chi connectivity index (χ1) is 11.1. The van der Waals surface area contributed by atoms with Crippen LogP contribution in [0.2, 0.25) is 0 Å². The molecule has 2 aromatic rings. The zero-order valence-corrected chi connectivity index (χ0v) is 13.6. The van der Waals surface area contributed by atoms with Crippen molar-refractivity contribution < 1.29 is 4.79 Å². The Hall–Kier alpha value is -2.11. The summed E-state index contributed by atoms with van der Waals surface area (Å²) in [6.45, 7) is 0.944. The number of carbonyl (C=O) groups excluding carboxylic acids is 1. The number of nitrogens with one attached hydrogen (secondary N) is 1. The van der Waals surface area contributed by atoms with Crippen LogP contribution >= 0.6 is 0 Å². The van der Waals surface area contributed by atoms with Gasteiger partial charge in [0, 0.05) is 25.9 Å². The smallest absolute Gasteiger partial charge is 0.239 e. The summed E-state index contributed by atoms with van der Waals surface area (Å²) >= 11 is 0. The molecule has 124 valence electrons. The van der Waals surface area contributed by atoms with Gasteiger partial charge in [0.15, 0.2) is 5.43 Å². The van der Waals surface area contributed by atoms with E-state index in [1.807, 2.05) is 0 Å². The van der Waals surface area contributed by atoms with Gasteiger partial charge in [-0.1, -0.05) is 32.1 Å². The van der Waals surface area contributed by atoms with E-state index in [-0.39, 0.29) is 17.9 Å². The highest BCUT2D eigenvalue weighted by Crippen LogP contribution is 2.25. The van der Waals surface area contributed by atoms with Crippen molar-refractivity contribution in [3.63, 3.8) is 0 Å². The molecule has 0 saturated heterocycles.